The van der Waals surface area contributed by atoms with E-state index >= 15 is 0 Å². The molecule has 0 radical (unpaired) electrons. The standard InChI is InChI=1S/C14H14N4O4/c19-14(12-3-4-13(22-12)18(20)21)17-8-6-16(7-9-17)11-2-1-5-15-10-11/h1-5,10H,6-9H2. The van der Waals surface area contributed by atoms with Gasteiger partial charge in [0.25, 0.3) is 5.91 Å². The first-order chi connectivity index (χ1) is 10.6. The summed E-state index contributed by atoms with van der Waals surface area (Å²) < 4.78 is 4.96. The van der Waals surface area contributed by atoms with Crippen molar-refractivity contribution in [2.24, 2.45) is 0 Å². The zero-order valence-corrected chi connectivity index (χ0v) is 11.7. The van der Waals surface area contributed by atoms with E-state index < -0.39 is 10.8 Å². The summed E-state index contributed by atoms with van der Waals surface area (Å²) in [6.07, 6.45) is 3.50. The maximum atomic E-state index is 12.3. The van der Waals surface area contributed by atoms with Gasteiger partial charge in [0.15, 0.2) is 5.76 Å². The molecule has 2 aromatic heterocycles. The average Bonchev–Trinajstić information content (AvgIpc) is 3.05. The maximum Gasteiger partial charge on any atom is 0.433 e. The number of anilines is 1. The lowest BCUT2D eigenvalue weighted by atomic mass is 10.2. The Kier molecular flexibility index (Phi) is 3.73. The van der Waals surface area contributed by atoms with E-state index in [2.05, 4.69) is 9.88 Å². The van der Waals surface area contributed by atoms with Gasteiger partial charge in [-0.25, -0.2) is 0 Å². The van der Waals surface area contributed by atoms with Crippen LogP contribution < -0.4 is 4.90 Å². The normalized spacial score (nSPS) is 14.9. The maximum absolute atomic E-state index is 12.3. The van der Waals surface area contributed by atoms with E-state index in [-0.39, 0.29) is 11.7 Å². The Bertz CT molecular complexity index is 677. The van der Waals surface area contributed by atoms with E-state index in [0.29, 0.717) is 26.2 Å². The molecule has 1 amide bonds. The monoisotopic (exact) mass is 302 g/mol. The van der Waals surface area contributed by atoms with E-state index in [9.17, 15) is 14.9 Å². The second kappa shape index (κ2) is 5.84. The summed E-state index contributed by atoms with van der Waals surface area (Å²) in [6.45, 7) is 2.42. The van der Waals surface area contributed by atoms with Crippen molar-refractivity contribution < 1.29 is 14.1 Å². The second-order valence-electron chi connectivity index (χ2n) is 4.89. The number of rotatable bonds is 3. The Labute approximate surface area is 126 Å². The number of carbonyl (C=O) groups excluding carboxylic acids is 1. The molecule has 0 saturated carbocycles. The van der Waals surface area contributed by atoms with Crippen LogP contribution in [0.5, 0.6) is 0 Å². The molecule has 0 aromatic carbocycles. The minimum atomic E-state index is -0.656. The number of pyridine rings is 1. The van der Waals surface area contributed by atoms with Crippen LogP contribution in [-0.2, 0) is 0 Å². The van der Waals surface area contributed by atoms with Gasteiger partial charge in [-0.15, -0.1) is 0 Å². The molecule has 0 unspecified atom stereocenters. The number of nitrogens with zero attached hydrogens (tertiary/aromatic N) is 4. The zero-order chi connectivity index (χ0) is 15.5. The van der Waals surface area contributed by atoms with Crippen LogP contribution in [0.3, 0.4) is 0 Å². The van der Waals surface area contributed by atoms with E-state index in [1.807, 2.05) is 12.1 Å². The summed E-state index contributed by atoms with van der Waals surface area (Å²) in [4.78, 5) is 30.0. The summed E-state index contributed by atoms with van der Waals surface area (Å²) in [5.41, 5.74) is 1.02. The zero-order valence-electron chi connectivity index (χ0n) is 11.7. The average molecular weight is 302 g/mol. The van der Waals surface area contributed by atoms with Gasteiger partial charge < -0.3 is 14.2 Å². The molecule has 0 spiro atoms. The number of amides is 1. The molecule has 114 valence electrons. The molecule has 22 heavy (non-hydrogen) atoms. The lowest BCUT2D eigenvalue weighted by Crippen LogP contribution is -2.48. The first-order valence-electron chi connectivity index (χ1n) is 6.83. The van der Waals surface area contributed by atoms with E-state index in [0.717, 1.165) is 5.69 Å². The van der Waals surface area contributed by atoms with Crippen molar-refractivity contribution in [1.29, 1.82) is 0 Å². The molecule has 0 atom stereocenters. The fourth-order valence-electron chi connectivity index (χ4n) is 2.41. The van der Waals surface area contributed by atoms with Crippen molar-refractivity contribution in [2.45, 2.75) is 0 Å². The van der Waals surface area contributed by atoms with E-state index in [1.165, 1.54) is 12.1 Å². The Morgan fingerprint density at radius 1 is 1.23 bits per heavy atom. The fraction of sp³-hybridized carbons (Fsp3) is 0.286. The molecular formula is C14H14N4O4. The highest BCUT2D eigenvalue weighted by atomic mass is 16.6. The second-order valence-corrected chi connectivity index (χ2v) is 4.89. The Balaban J connectivity index is 1.63. The Morgan fingerprint density at radius 2 is 2.00 bits per heavy atom. The fourth-order valence-corrected chi connectivity index (χ4v) is 2.41. The van der Waals surface area contributed by atoms with Crippen LogP contribution in [0.1, 0.15) is 10.6 Å². The van der Waals surface area contributed by atoms with Gasteiger partial charge in [-0.1, -0.05) is 0 Å². The summed E-state index contributed by atoms with van der Waals surface area (Å²) in [6, 6.07) is 6.38. The number of nitro groups is 1. The predicted octanol–water partition coefficient (Wildman–Crippen LogP) is 1.55. The molecular weight excluding hydrogens is 288 g/mol. The molecule has 1 fully saturated rings. The highest BCUT2D eigenvalue weighted by Crippen LogP contribution is 2.19. The number of hydrogen-bond donors (Lipinski definition) is 0. The van der Waals surface area contributed by atoms with E-state index in [1.54, 1.807) is 17.3 Å². The molecule has 0 N–H and O–H groups in total. The molecule has 0 bridgehead atoms. The van der Waals surface area contributed by atoms with Gasteiger partial charge in [0.2, 0.25) is 0 Å². The lowest BCUT2D eigenvalue weighted by Gasteiger charge is -2.35. The third-order valence-corrected chi connectivity index (χ3v) is 3.56. The van der Waals surface area contributed by atoms with Crippen molar-refractivity contribution in [3.05, 3.63) is 52.5 Å². The first-order valence-corrected chi connectivity index (χ1v) is 6.83. The molecule has 1 aliphatic rings. The third-order valence-electron chi connectivity index (χ3n) is 3.56. The molecule has 2 aromatic rings. The third kappa shape index (κ3) is 2.76. The van der Waals surface area contributed by atoms with Crippen molar-refractivity contribution in [3.8, 4) is 0 Å². The largest absolute Gasteiger partial charge is 0.433 e. The number of furan rings is 1. The summed E-state index contributed by atoms with van der Waals surface area (Å²) >= 11 is 0. The topological polar surface area (TPSA) is 92.7 Å². The predicted molar refractivity (Wildman–Crippen MR) is 77.7 cm³/mol. The van der Waals surface area contributed by atoms with Crippen LogP contribution in [0.2, 0.25) is 0 Å². The highest BCUT2D eigenvalue weighted by molar-refractivity contribution is 5.92. The first kappa shape index (κ1) is 14.1. The molecule has 0 aliphatic carbocycles. The minimum absolute atomic E-state index is 0.00141. The van der Waals surface area contributed by atoms with Crippen LogP contribution in [0, 0.1) is 10.1 Å². The van der Waals surface area contributed by atoms with Gasteiger partial charge in [0, 0.05) is 32.4 Å². The van der Waals surface area contributed by atoms with Crippen molar-refractivity contribution >= 4 is 17.5 Å². The summed E-state index contributed by atoms with van der Waals surface area (Å²) in [5.74, 6) is -0.738. The molecule has 3 rings (SSSR count). The van der Waals surface area contributed by atoms with Crippen LogP contribution in [0.25, 0.3) is 0 Å². The van der Waals surface area contributed by atoms with Crippen LogP contribution in [0.15, 0.2) is 41.1 Å². The van der Waals surface area contributed by atoms with Crippen molar-refractivity contribution in [2.75, 3.05) is 31.1 Å². The highest BCUT2D eigenvalue weighted by Gasteiger charge is 2.26. The van der Waals surface area contributed by atoms with Gasteiger partial charge in [0.05, 0.1) is 18.0 Å². The SMILES string of the molecule is O=C(c1ccc([N+](=O)[O-])o1)N1CCN(c2cccnc2)CC1. The summed E-state index contributed by atoms with van der Waals surface area (Å²) in [7, 11) is 0. The van der Waals surface area contributed by atoms with Crippen molar-refractivity contribution in [3.63, 3.8) is 0 Å². The molecule has 3 heterocycles. The number of aromatic nitrogens is 1. The van der Waals surface area contributed by atoms with Crippen LogP contribution in [-0.4, -0.2) is 46.9 Å². The Hall–Kier alpha value is -2.90. The van der Waals surface area contributed by atoms with Crippen LogP contribution >= 0.6 is 0 Å². The molecule has 8 heteroatoms. The van der Waals surface area contributed by atoms with Gasteiger partial charge in [-0.05, 0) is 18.2 Å². The Morgan fingerprint density at radius 3 is 2.59 bits per heavy atom. The molecule has 1 aliphatic heterocycles. The summed E-state index contributed by atoms with van der Waals surface area (Å²) in [5, 5.41) is 10.6. The lowest BCUT2D eigenvalue weighted by molar-refractivity contribution is -0.402. The van der Waals surface area contributed by atoms with Gasteiger partial charge in [0.1, 0.15) is 4.92 Å². The van der Waals surface area contributed by atoms with Gasteiger partial charge in [-0.2, -0.15) is 0 Å². The number of carbonyl (C=O) groups is 1. The molecule has 1 saturated heterocycles. The van der Waals surface area contributed by atoms with Gasteiger partial charge in [-0.3, -0.25) is 19.9 Å². The van der Waals surface area contributed by atoms with Crippen LogP contribution in [0.4, 0.5) is 11.6 Å². The van der Waals surface area contributed by atoms with Gasteiger partial charge >= 0.3 is 5.88 Å². The number of piperazine rings is 1. The van der Waals surface area contributed by atoms with E-state index in [4.69, 9.17) is 4.42 Å². The minimum Gasteiger partial charge on any atom is -0.395 e. The quantitative estimate of drug-likeness (QED) is 0.631. The smallest absolute Gasteiger partial charge is 0.395 e. The number of hydrogen-bond acceptors (Lipinski definition) is 6. The molecule has 8 nitrogen and oxygen atoms in total. The van der Waals surface area contributed by atoms with Crippen molar-refractivity contribution in [1.82, 2.24) is 9.88 Å².